The van der Waals surface area contributed by atoms with Crippen LogP contribution in [0.5, 0.6) is 0 Å². The van der Waals surface area contributed by atoms with Crippen LogP contribution >= 0.6 is 11.3 Å². The number of hydrogen-bond donors (Lipinski definition) is 2. The molecule has 4 nitrogen and oxygen atoms in total. The van der Waals surface area contributed by atoms with Crippen molar-refractivity contribution in [3.05, 3.63) is 21.9 Å². The van der Waals surface area contributed by atoms with E-state index in [9.17, 15) is 4.79 Å². The summed E-state index contributed by atoms with van der Waals surface area (Å²) in [6, 6.07) is 3.81. The average Bonchev–Trinajstić information content (AvgIpc) is 2.81. The van der Waals surface area contributed by atoms with Gasteiger partial charge in [0.05, 0.1) is 23.4 Å². The quantitative estimate of drug-likeness (QED) is 0.805. The van der Waals surface area contributed by atoms with E-state index in [2.05, 4.69) is 17.2 Å². The van der Waals surface area contributed by atoms with Crippen LogP contribution in [-0.4, -0.2) is 30.3 Å². The summed E-state index contributed by atoms with van der Waals surface area (Å²) in [5.74, 6) is 5.39. The lowest BCUT2D eigenvalue weighted by atomic mass is 10.1. The molecule has 1 aromatic heterocycles. The molecule has 0 aromatic carbocycles. The number of hydrogen-bond acceptors (Lipinski definition) is 4. The molecule has 1 rings (SSSR count). The molecule has 104 valence electrons. The van der Waals surface area contributed by atoms with Crippen LogP contribution in [-0.2, 0) is 16.1 Å². The Morgan fingerprint density at radius 3 is 2.89 bits per heavy atom. The predicted molar refractivity (Wildman–Crippen MR) is 75.8 cm³/mol. The van der Waals surface area contributed by atoms with E-state index in [0.717, 1.165) is 9.75 Å². The van der Waals surface area contributed by atoms with Crippen molar-refractivity contribution >= 4 is 17.2 Å². The van der Waals surface area contributed by atoms with Crippen LogP contribution in [0.1, 0.15) is 30.0 Å². The fourth-order valence-corrected chi connectivity index (χ4v) is 2.20. The van der Waals surface area contributed by atoms with Gasteiger partial charge in [-0.15, -0.1) is 11.3 Å². The monoisotopic (exact) mass is 281 g/mol. The van der Waals surface area contributed by atoms with Crippen molar-refractivity contribution in [1.82, 2.24) is 5.32 Å². The Hall–Kier alpha value is -1.35. The van der Waals surface area contributed by atoms with Crippen molar-refractivity contribution in [3.63, 3.8) is 0 Å². The summed E-state index contributed by atoms with van der Waals surface area (Å²) in [5.41, 5.74) is -0.447. The lowest BCUT2D eigenvalue weighted by Crippen LogP contribution is -2.33. The van der Waals surface area contributed by atoms with E-state index in [-0.39, 0.29) is 12.5 Å². The van der Waals surface area contributed by atoms with Crippen LogP contribution in [0.2, 0.25) is 0 Å². The molecule has 0 aliphatic carbocycles. The summed E-state index contributed by atoms with van der Waals surface area (Å²) in [4.78, 5) is 13.6. The smallest absolute Gasteiger partial charge is 0.223 e. The zero-order chi connectivity index (χ0) is 14.3. The van der Waals surface area contributed by atoms with Gasteiger partial charge in [0.1, 0.15) is 6.61 Å². The molecule has 0 unspecified atom stereocenters. The molecule has 0 spiro atoms. The fourth-order valence-electron chi connectivity index (χ4n) is 1.37. The molecule has 0 fully saturated rings. The first kappa shape index (κ1) is 15.7. The van der Waals surface area contributed by atoms with Gasteiger partial charge in [-0.3, -0.25) is 4.79 Å². The normalized spacial score (nSPS) is 10.7. The second kappa shape index (κ2) is 7.29. The summed E-state index contributed by atoms with van der Waals surface area (Å²) in [6.45, 7) is 4.10. The van der Waals surface area contributed by atoms with E-state index in [4.69, 9.17) is 9.84 Å². The SMILES string of the molecule is COC(C)(C)CC(=O)NCc1ccc(C#CCO)s1. The molecule has 1 aromatic rings. The zero-order valence-corrected chi connectivity index (χ0v) is 12.3. The summed E-state index contributed by atoms with van der Waals surface area (Å²) >= 11 is 1.51. The average molecular weight is 281 g/mol. The van der Waals surface area contributed by atoms with Gasteiger partial charge in [0, 0.05) is 12.0 Å². The maximum Gasteiger partial charge on any atom is 0.223 e. The molecule has 0 saturated heterocycles. The highest BCUT2D eigenvalue weighted by Gasteiger charge is 2.20. The summed E-state index contributed by atoms with van der Waals surface area (Å²) < 4.78 is 5.21. The first-order chi connectivity index (χ1) is 8.96. The molecule has 0 aliphatic heterocycles. The Morgan fingerprint density at radius 2 is 2.26 bits per heavy atom. The van der Waals surface area contributed by atoms with E-state index >= 15 is 0 Å². The van der Waals surface area contributed by atoms with Crippen LogP contribution in [0, 0.1) is 11.8 Å². The summed E-state index contributed by atoms with van der Waals surface area (Å²) in [7, 11) is 1.60. The molecule has 0 aliphatic rings. The van der Waals surface area contributed by atoms with Crippen molar-refractivity contribution in [3.8, 4) is 11.8 Å². The van der Waals surface area contributed by atoms with Crippen molar-refractivity contribution in [2.24, 2.45) is 0 Å². The second-order valence-electron chi connectivity index (χ2n) is 4.64. The lowest BCUT2D eigenvalue weighted by molar-refractivity contribution is -0.126. The molecule has 0 saturated carbocycles. The molecule has 0 atom stereocenters. The number of amides is 1. The highest BCUT2D eigenvalue weighted by Crippen LogP contribution is 2.16. The van der Waals surface area contributed by atoms with Gasteiger partial charge in [-0.2, -0.15) is 0 Å². The summed E-state index contributed by atoms with van der Waals surface area (Å²) in [6.07, 6.45) is 0.325. The Bertz CT molecular complexity index is 482. The van der Waals surface area contributed by atoms with Crippen molar-refractivity contribution in [1.29, 1.82) is 0 Å². The summed E-state index contributed by atoms with van der Waals surface area (Å²) in [5, 5.41) is 11.5. The highest BCUT2D eigenvalue weighted by atomic mass is 32.1. The molecule has 19 heavy (non-hydrogen) atoms. The largest absolute Gasteiger partial charge is 0.384 e. The Labute approximate surface area is 117 Å². The second-order valence-corrected chi connectivity index (χ2v) is 5.81. The Morgan fingerprint density at radius 1 is 1.53 bits per heavy atom. The maximum atomic E-state index is 11.7. The number of ether oxygens (including phenoxy) is 1. The number of carbonyl (C=O) groups excluding carboxylic acids is 1. The Kier molecular flexibility index (Phi) is 6.03. The number of carbonyl (C=O) groups is 1. The Balaban J connectivity index is 2.44. The molecule has 0 radical (unpaired) electrons. The first-order valence-electron chi connectivity index (χ1n) is 5.97. The minimum absolute atomic E-state index is 0.0387. The molecule has 2 N–H and O–H groups in total. The molecule has 0 bridgehead atoms. The van der Waals surface area contributed by atoms with Gasteiger partial charge in [0.25, 0.3) is 0 Å². The number of aliphatic hydroxyl groups excluding tert-OH is 1. The van der Waals surface area contributed by atoms with E-state index in [1.807, 2.05) is 26.0 Å². The van der Waals surface area contributed by atoms with Crippen molar-refractivity contribution < 1.29 is 14.6 Å². The number of thiophene rings is 1. The van der Waals surface area contributed by atoms with Gasteiger partial charge in [-0.05, 0) is 26.0 Å². The third-order valence-corrected chi connectivity index (χ3v) is 3.55. The van der Waals surface area contributed by atoms with Gasteiger partial charge in [0.2, 0.25) is 5.91 Å². The van der Waals surface area contributed by atoms with Gasteiger partial charge in [0.15, 0.2) is 0 Å². The van der Waals surface area contributed by atoms with Crippen LogP contribution in [0.25, 0.3) is 0 Å². The van der Waals surface area contributed by atoms with Gasteiger partial charge in [-0.1, -0.05) is 11.8 Å². The topological polar surface area (TPSA) is 58.6 Å². The van der Waals surface area contributed by atoms with E-state index in [1.54, 1.807) is 7.11 Å². The van der Waals surface area contributed by atoms with Gasteiger partial charge in [-0.25, -0.2) is 0 Å². The molecule has 1 amide bonds. The van der Waals surface area contributed by atoms with Crippen LogP contribution < -0.4 is 5.32 Å². The third-order valence-electron chi connectivity index (χ3n) is 2.55. The van der Waals surface area contributed by atoms with Crippen molar-refractivity contribution in [2.45, 2.75) is 32.4 Å². The zero-order valence-electron chi connectivity index (χ0n) is 11.4. The number of aliphatic hydroxyl groups is 1. The van der Waals surface area contributed by atoms with E-state index < -0.39 is 5.60 Å². The minimum Gasteiger partial charge on any atom is -0.384 e. The van der Waals surface area contributed by atoms with Crippen LogP contribution in [0.3, 0.4) is 0 Å². The van der Waals surface area contributed by atoms with Crippen molar-refractivity contribution in [2.75, 3.05) is 13.7 Å². The van der Waals surface area contributed by atoms with E-state index in [1.165, 1.54) is 11.3 Å². The standard InChI is InChI=1S/C14H19NO3S/c1-14(2,18-3)9-13(17)15-10-12-7-6-11(19-12)5-4-8-16/h6-7,16H,8-10H2,1-3H3,(H,15,17). The highest BCUT2D eigenvalue weighted by molar-refractivity contribution is 7.12. The van der Waals surface area contributed by atoms with E-state index in [0.29, 0.717) is 13.0 Å². The first-order valence-corrected chi connectivity index (χ1v) is 6.79. The number of methoxy groups -OCH3 is 1. The minimum atomic E-state index is -0.447. The third kappa shape index (κ3) is 5.88. The molecular weight excluding hydrogens is 262 g/mol. The van der Waals surface area contributed by atoms with Crippen LogP contribution in [0.4, 0.5) is 0 Å². The van der Waals surface area contributed by atoms with Gasteiger partial charge >= 0.3 is 0 Å². The molecule has 1 heterocycles. The predicted octanol–water partition coefficient (Wildman–Crippen LogP) is 1.52. The van der Waals surface area contributed by atoms with Gasteiger partial charge < -0.3 is 15.2 Å². The fraction of sp³-hybridized carbons (Fsp3) is 0.500. The lowest BCUT2D eigenvalue weighted by Gasteiger charge is -2.21. The number of rotatable bonds is 5. The maximum absolute atomic E-state index is 11.7. The van der Waals surface area contributed by atoms with Crippen LogP contribution in [0.15, 0.2) is 12.1 Å². The molecule has 5 heteroatoms. The molecular formula is C14H19NO3S. The number of nitrogens with one attached hydrogen (secondary N) is 1.